The average molecular weight is 363 g/mol. The summed E-state index contributed by atoms with van der Waals surface area (Å²) < 4.78 is 6.58. The molecule has 1 unspecified atom stereocenters. The maximum Gasteiger partial charge on any atom is 0.220 e. The summed E-state index contributed by atoms with van der Waals surface area (Å²) in [5.41, 5.74) is 0.862. The fourth-order valence-electron chi connectivity index (χ4n) is 2.00. The number of halogens is 1. The molecule has 116 valence electrons. The molecule has 1 aromatic heterocycles. The Balaban J connectivity index is 1.68. The summed E-state index contributed by atoms with van der Waals surface area (Å²) in [4.78, 5) is 16.1. The highest BCUT2D eigenvalue weighted by Crippen LogP contribution is 2.18. The molecular formula is C17H19BrN2O2. The molecule has 4 nitrogen and oxygen atoms in total. The lowest BCUT2D eigenvalue weighted by molar-refractivity contribution is -0.122. The van der Waals surface area contributed by atoms with E-state index in [2.05, 4.69) is 26.2 Å². The van der Waals surface area contributed by atoms with Gasteiger partial charge in [0.1, 0.15) is 5.75 Å². The highest BCUT2D eigenvalue weighted by Gasteiger charge is 2.09. The van der Waals surface area contributed by atoms with E-state index in [1.165, 1.54) is 0 Å². The Bertz CT molecular complexity index is 605. The Hall–Kier alpha value is -1.88. The van der Waals surface area contributed by atoms with Gasteiger partial charge in [-0.1, -0.05) is 28.1 Å². The van der Waals surface area contributed by atoms with Crippen LogP contribution in [0.5, 0.6) is 5.75 Å². The molecule has 1 aromatic carbocycles. The Labute approximate surface area is 139 Å². The predicted octanol–water partition coefficient (Wildman–Crippen LogP) is 3.88. The van der Waals surface area contributed by atoms with Crippen molar-refractivity contribution in [2.45, 2.75) is 25.8 Å². The van der Waals surface area contributed by atoms with E-state index in [1.54, 1.807) is 6.20 Å². The molecule has 1 atom stereocenters. The third-order valence-corrected chi connectivity index (χ3v) is 3.62. The number of nitrogens with one attached hydrogen (secondary N) is 1. The molecule has 0 aliphatic heterocycles. The number of rotatable bonds is 7. The number of hydrogen-bond acceptors (Lipinski definition) is 3. The van der Waals surface area contributed by atoms with Crippen molar-refractivity contribution in [3.8, 4) is 5.75 Å². The van der Waals surface area contributed by atoms with Crippen LogP contribution in [0.25, 0.3) is 0 Å². The van der Waals surface area contributed by atoms with Crippen LogP contribution >= 0.6 is 15.9 Å². The van der Waals surface area contributed by atoms with Gasteiger partial charge in [-0.15, -0.1) is 0 Å². The lowest BCUT2D eigenvalue weighted by Crippen LogP contribution is -2.27. The van der Waals surface area contributed by atoms with E-state index in [-0.39, 0.29) is 11.9 Å². The number of carbonyl (C=O) groups is 1. The smallest absolute Gasteiger partial charge is 0.220 e. The van der Waals surface area contributed by atoms with Crippen molar-refractivity contribution >= 4 is 21.8 Å². The Morgan fingerprint density at radius 2 is 2.18 bits per heavy atom. The SMILES string of the molecule is CC(NC(=O)CCCOc1cccc(Br)c1)c1ccccn1. The van der Waals surface area contributed by atoms with Crippen molar-refractivity contribution in [1.29, 1.82) is 0 Å². The van der Waals surface area contributed by atoms with E-state index in [9.17, 15) is 4.79 Å². The molecule has 1 amide bonds. The van der Waals surface area contributed by atoms with Crippen LogP contribution < -0.4 is 10.1 Å². The number of benzene rings is 1. The van der Waals surface area contributed by atoms with Gasteiger partial charge in [-0.3, -0.25) is 9.78 Å². The number of nitrogens with zero attached hydrogens (tertiary/aromatic N) is 1. The highest BCUT2D eigenvalue weighted by molar-refractivity contribution is 9.10. The van der Waals surface area contributed by atoms with Crippen LogP contribution in [0.2, 0.25) is 0 Å². The molecule has 0 bridgehead atoms. The average Bonchev–Trinajstić information content (AvgIpc) is 2.52. The molecule has 0 fully saturated rings. The molecule has 0 saturated carbocycles. The molecule has 0 radical (unpaired) electrons. The van der Waals surface area contributed by atoms with E-state index in [1.807, 2.05) is 49.4 Å². The van der Waals surface area contributed by atoms with Crippen molar-refractivity contribution in [2.24, 2.45) is 0 Å². The van der Waals surface area contributed by atoms with Gasteiger partial charge in [0, 0.05) is 17.1 Å². The zero-order chi connectivity index (χ0) is 15.8. The highest BCUT2D eigenvalue weighted by atomic mass is 79.9. The number of pyridine rings is 1. The van der Waals surface area contributed by atoms with Gasteiger partial charge in [0.15, 0.2) is 0 Å². The summed E-state index contributed by atoms with van der Waals surface area (Å²) in [7, 11) is 0. The fraction of sp³-hybridized carbons (Fsp3) is 0.294. The first kappa shape index (κ1) is 16.5. The van der Waals surface area contributed by atoms with Crippen LogP contribution in [0.15, 0.2) is 53.1 Å². The number of carbonyl (C=O) groups excluding carboxylic acids is 1. The minimum atomic E-state index is -0.0836. The minimum absolute atomic E-state index is 0.0102. The van der Waals surface area contributed by atoms with Crippen molar-refractivity contribution in [3.63, 3.8) is 0 Å². The number of hydrogen-bond donors (Lipinski definition) is 1. The van der Waals surface area contributed by atoms with Crippen LogP contribution in [-0.4, -0.2) is 17.5 Å². The van der Waals surface area contributed by atoms with E-state index in [0.717, 1.165) is 15.9 Å². The maximum absolute atomic E-state index is 11.9. The van der Waals surface area contributed by atoms with Gasteiger partial charge < -0.3 is 10.1 Å². The normalized spacial score (nSPS) is 11.7. The largest absolute Gasteiger partial charge is 0.494 e. The topological polar surface area (TPSA) is 51.2 Å². The third-order valence-electron chi connectivity index (χ3n) is 3.12. The monoisotopic (exact) mass is 362 g/mol. The van der Waals surface area contributed by atoms with E-state index in [4.69, 9.17) is 4.74 Å². The zero-order valence-electron chi connectivity index (χ0n) is 12.5. The first-order chi connectivity index (χ1) is 10.6. The van der Waals surface area contributed by atoms with Gasteiger partial charge >= 0.3 is 0 Å². The summed E-state index contributed by atoms with van der Waals surface area (Å²) in [6.45, 7) is 2.44. The lowest BCUT2D eigenvalue weighted by atomic mass is 10.2. The Morgan fingerprint density at radius 1 is 1.32 bits per heavy atom. The first-order valence-corrected chi connectivity index (χ1v) is 8.03. The molecule has 0 saturated heterocycles. The van der Waals surface area contributed by atoms with Crippen LogP contribution in [0, 0.1) is 0 Å². The van der Waals surface area contributed by atoms with Gasteiger partial charge in [-0.05, 0) is 43.7 Å². The summed E-state index contributed by atoms with van der Waals surface area (Å²) in [6, 6.07) is 13.3. The standard InChI is InChI=1S/C17H19BrN2O2/c1-13(16-8-2-3-10-19-16)20-17(21)9-5-11-22-15-7-4-6-14(18)12-15/h2-4,6-8,10,12-13H,5,9,11H2,1H3,(H,20,21). The minimum Gasteiger partial charge on any atom is -0.494 e. The van der Waals surface area contributed by atoms with E-state index >= 15 is 0 Å². The zero-order valence-corrected chi connectivity index (χ0v) is 14.0. The maximum atomic E-state index is 11.9. The summed E-state index contributed by atoms with van der Waals surface area (Å²) in [5.74, 6) is 0.813. The van der Waals surface area contributed by atoms with Gasteiger partial charge in [0.25, 0.3) is 0 Å². The molecule has 0 spiro atoms. The Kier molecular flexibility index (Phi) is 6.40. The van der Waals surface area contributed by atoms with E-state index in [0.29, 0.717) is 19.4 Å². The molecule has 2 aromatic rings. The molecular weight excluding hydrogens is 344 g/mol. The molecule has 5 heteroatoms. The molecule has 0 aliphatic rings. The molecule has 1 heterocycles. The lowest BCUT2D eigenvalue weighted by Gasteiger charge is -2.13. The van der Waals surface area contributed by atoms with Gasteiger partial charge in [0.05, 0.1) is 18.3 Å². The van der Waals surface area contributed by atoms with Gasteiger partial charge in [-0.2, -0.15) is 0 Å². The second-order valence-corrected chi connectivity index (χ2v) is 5.87. The molecule has 1 N–H and O–H groups in total. The summed E-state index contributed by atoms with van der Waals surface area (Å²) >= 11 is 3.39. The van der Waals surface area contributed by atoms with Crippen molar-refractivity contribution in [2.75, 3.05) is 6.61 Å². The van der Waals surface area contributed by atoms with Crippen LogP contribution in [0.3, 0.4) is 0 Å². The number of amides is 1. The van der Waals surface area contributed by atoms with Gasteiger partial charge in [0.2, 0.25) is 5.91 Å². The first-order valence-electron chi connectivity index (χ1n) is 7.24. The summed E-state index contributed by atoms with van der Waals surface area (Å²) in [6.07, 6.45) is 2.84. The quantitative estimate of drug-likeness (QED) is 0.760. The van der Waals surface area contributed by atoms with Crippen LogP contribution in [0.1, 0.15) is 31.5 Å². The fourth-order valence-corrected chi connectivity index (χ4v) is 2.38. The predicted molar refractivity (Wildman–Crippen MR) is 89.7 cm³/mol. The van der Waals surface area contributed by atoms with Crippen LogP contribution in [0.4, 0.5) is 0 Å². The molecule has 0 aliphatic carbocycles. The Morgan fingerprint density at radius 3 is 2.91 bits per heavy atom. The van der Waals surface area contributed by atoms with E-state index < -0.39 is 0 Å². The molecule has 22 heavy (non-hydrogen) atoms. The number of ether oxygens (including phenoxy) is 1. The van der Waals surface area contributed by atoms with Crippen molar-refractivity contribution in [1.82, 2.24) is 10.3 Å². The van der Waals surface area contributed by atoms with Gasteiger partial charge in [-0.25, -0.2) is 0 Å². The van der Waals surface area contributed by atoms with Crippen molar-refractivity contribution in [3.05, 3.63) is 58.8 Å². The summed E-state index contributed by atoms with van der Waals surface area (Å²) in [5, 5.41) is 2.94. The third kappa shape index (κ3) is 5.48. The van der Waals surface area contributed by atoms with Crippen molar-refractivity contribution < 1.29 is 9.53 Å². The second kappa shape index (κ2) is 8.54. The van der Waals surface area contributed by atoms with Crippen LogP contribution in [-0.2, 0) is 4.79 Å². The number of aromatic nitrogens is 1. The second-order valence-electron chi connectivity index (χ2n) is 4.95. The molecule has 2 rings (SSSR count).